The minimum absolute atomic E-state index is 0.0508. The molecule has 4 heteroatoms. The van der Waals surface area contributed by atoms with Gasteiger partial charge in [0, 0.05) is 17.4 Å². The third-order valence-electron chi connectivity index (χ3n) is 2.61. The highest BCUT2D eigenvalue weighted by atomic mass is 16.1. The van der Waals surface area contributed by atoms with E-state index in [1.54, 1.807) is 6.20 Å². The molecular weight excluding hydrogens is 202 g/mol. The number of nitrogens with one attached hydrogen (secondary N) is 1. The van der Waals surface area contributed by atoms with Crippen LogP contribution in [0.5, 0.6) is 0 Å². The van der Waals surface area contributed by atoms with Crippen LogP contribution in [-0.2, 0) is 11.2 Å². The summed E-state index contributed by atoms with van der Waals surface area (Å²) in [5.41, 5.74) is 3.78. The van der Waals surface area contributed by atoms with E-state index in [9.17, 15) is 4.79 Å². The highest BCUT2D eigenvalue weighted by Crippen LogP contribution is 2.28. The van der Waals surface area contributed by atoms with Crippen LogP contribution >= 0.6 is 0 Å². The molecule has 2 aromatic rings. The highest BCUT2D eigenvalue weighted by molar-refractivity contribution is 5.99. The van der Waals surface area contributed by atoms with Crippen molar-refractivity contribution in [2.45, 2.75) is 6.42 Å². The van der Waals surface area contributed by atoms with Gasteiger partial charge in [-0.25, -0.2) is 9.97 Å². The number of carbonyl (C=O) groups excluding carboxylic acids is 1. The van der Waals surface area contributed by atoms with Crippen molar-refractivity contribution in [3.8, 4) is 11.3 Å². The fraction of sp³-hybridized carbons (Fsp3) is 0.0833. The molecule has 1 aromatic carbocycles. The largest absolute Gasteiger partial charge is 0.326 e. The summed E-state index contributed by atoms with van der Waals surface area (Å²) in [5, 5.41) is 2.83. The zero-order valence-corrected chi connectivity index (χ0v) is 8.47. The van der Waals surface area contributed by atoms with Crippen molar-refractivity contribution in [1.29, 1.82) is 0 Å². The van der Waals surface area contributed by atoms with Gasteiger partial charge in [-0.05, 0) is 17.7 Å². The summed E-state index contributed by atoms with van der Waals surface area (Å²) in [5.74, 6) is 0.0508. The molecule has 4 nitrogen and oxygen atoms in total. The molecule has 0 spiro atoms. The van der Waals surface area contributed by atoms with Gasteiger partial charge in [-0.15, -0.1) is 0 Å². The monoisotopic (exact) mass is 211 g/mol. The van der Waals surface area contributed by atoms with Crippen molar-refractivity contribution in [3.05, 3.63) is 42.4 Å². The third-order valence-corrected chi connectivity index (χ3v) is 2.61. The Labute approximate surface area is 92.4 Å². The van der Waals surface area contributed by atoms with E-state index in [4.69, 9.17) is 0 Å². The first-order valence-corrected chi connectivity index (χ1v) is 5.02. The van der Waals surface area contributed by atoms with Crippen LogP contribution in [0.4, 0.5) is 5.69 Å². The first-order chi connectivity index (χ1) is 7.83. The van der Waals surface area contributed by atoms with Crippen LogP contribution in [0.1, 0.15) is 5.56 Å². The first-order valence-electron chi connectivity index (χ1n) is 5.02. The summed E-state index contributed by atoms with van der Waals surface area (Å²) in [7, 11) is 0. The van der Waals surface area contributed by atoms with Crippen LogP contribution in [0.3, 0.4) is 0 Å². The van der Waals surface area contributed by atoms with Crippen molar-refractivity contribution >= 4 is 11.6 Å². The second kappa shape index (κ2) is 3.41. The number of amides is 1. The van der Waals surface area contributed by atoms with E-state index < -0.39 is 0 Å². The Morgan fingerprint density at radius 2 is 2.19 bits per heavy atom. The SMILES string of the molecule is O=C1Cc2ccc(-c3ccncn3)cc2N1. The van der Waals surface area contributed by atoms with Gasteiger partial charge in [0.2, 0.25) is 5.91 Å². The molecule has 0 unspecified atom stereocenters. The number of nitrogens with zero attached hydrogens (tertiary/aromatic N) is 2. The van der Waals surface area contributed by atoms with Crippen LogP contribution in [0.2, 0.25) is 0 Å². The lowest BCUT2D eigenvalue weighted by molar-refractivity contribution is -0.115. The number of aromatic nitrogens is 2. The third kappa shape index (κ3) is 1.44. The molecule has 0 saturated carbocycles. The van der Waals surface area contributed by atoms with E-state index in [1.807, 2.05) is 24.3 Å². The number of rotatable bonds is 1. The van der Waals surface area contributed by atoms with Crippen LogP contribution in [0, 0.1) is 0 Å². The van der Waals surface area contributed by atoms with Gasteiger partial charge < -0.3 is 5.32 Å². The van der Waals surface area contributed by atoms with Gasteiger partial charge in [0.1, 0.15) is 6.33 Å². The fourth-order valence-corrected chi connectivity index (χ4v) is 1.84. The second-order valence-electron chi connectivity index (χ2n) is 3.69. The topological polar surface area (TPSA) is 54.9 Å². The van der Waals surface area contributed by atoms with Crippen molar-refractivity contribution in [2.75, 3.05) is 5.32 Å². The normalized spacial score (nSPS) is 13.4. The Bertz CT molecular complexity index is 551. The number of hydrogen-bond acceptors (Lipinski definition) is 3. The van der Waals surface area contributed by atoms with E-state index in [0.29, 0.717) is 6.42 Å². The van der Waals surface area contributed by atoms with E-state index in [0.717, 1.165) is 22.5 Å². The summed E-state index contributed by atoms with van der Waals surface area (Å²) in [6, 6.07) is 7.73. The highest BCUT2D eigenvalue weighted by Gasteiger charge is 2.17. The molecule has 16 heavy (non-hydrogen) atoms. The molecule has 1 N–H and O–H groups in total. The number of fused-ring (bicyclic) bond motifs is 1. The molecule has 0 radical (unpaired) electrons. The molecule has 0 fully saturated rings. The number of carbonyl (C=O) groups is 1. The molecule has 0 bridgehead atoms. The predicted octanol–water partition coefficient (Wildman–Crippen LogP) is 1.64. The molecule has 1 aliphatic rings. The van der Waals surface area contributed by atoms with Gasteiger partial charge in [0.25, 0.3) is 0 Å². The van der Waals surface area contributed by atoms with Crippen molar-refractivity contribution in [1.82, 2.24) is 9.97 Å². The zero-order chi connectivity index (χ0) is 11.0. The maximum Gasteiger partial charge on any atom is 0.228 e. The Morgan fingerprint density at radius 1 is 1.25 bits per heavy atom. The summed E-state index contributed by atoms with van der Waals surface area (Å²) in [4.78, 5) is 19.3. The average molecular weight is 211 g/mol. The lowest BCUT2D eigenvalue weighted by Crippen LogP contribution is -2.03. The van der Waals surface area contributed by atoms with Crippen molar-refractivity contribution in [2.24, 2.45) is 0 Å². The first kappa shape index (κ1) is 9.03. The fourth-order valence-electron chi connectivity index (χ4n) is 1.84. The van der Waals surface area contributed by atoms with Gasteiger partial charge in [-0.3, -0.25) is 4.79 Å². The van der Waals surface area contributed by atoms with Crippen LogP contribution in [0.15, 0.2) is 36.8 Å². The molecule has 0 saturated heterocycles. The van der Waals surface area contributed by atoms with Gasteiger partial charge in [0.15, 0.2) is 0 Å². The Morgan fingerprint density at radius 3 is 3.00 bits per heavy atom. The molecular formula is C12H9N3O. The van der Waals surface area contributed by atoms with Gasteiger partial charge >= 0.3 is 0 Å². The quantitative estimate of drug-likeness (QED) is 0.780. The van der Waals surface area contributed by atoms with Crippen LogP contribution in [-0.4, -0.2) is 15.9 Å². The van der Waals surface area contributed by atoms with Crippen molar-refractivity contribution in [3.63, 3.8) is 0 Å². The van der Waals surface area contributed by atoms with Crippen molar-refractivity contribution < 1.29 is 4.79 Å². The Balaban J connectivity index is 2.06. The molecule has 78 valence electrons. The lowest BCUT2D eigenvalue weighted by Gasteiger charge is -2.03. The van der Waals surface area contributed by atoms with E-state index in [-0.39, 0.29) is 5.91 Å². The maximum atomic E-state index is 11.2. The van der Waals surface area contributed by atoms with E-state index in [1.165, 1.54) is 6.33 Å². The molecule has 1 aliphatic heterocycles. The molecule has 0 aliphatic carbocycles. The number of benzene rings is 1. The maximum absolute atomic E-state index is 11.2. The zero-order valence-electron chi connectivity index (χ0n) is 8.47. The molecule has 3 rings (SSSR count). The van der Waals surface area contributed by atoms with Gasteiger partial charge in [-0.2, -0.15) is 0 Å². The molecule has 0 atom stereocenters. The minimum atomic E-state index is 0.0508. The van der Waals surface area contributed by atoms with E-state index in [2.05, 4.69) is 15.3 Å². The molecule has 2 heterocycles. The van der Waals surface area contributed by atoms with Gasteiger partial charge in [0.05, 0.1) is 12.1 Å². The van der Waals surface area contributed by atoms with Crippen LogP contribution < -0.4 is 5.32 Å². The van der Waals surface area contributed by atoms with E-state index >= 15 is 0 Å². The smallest absolute Gasteiger partial charge is 0.228 e. The summed E-state index contributed by atoms with van der Waals surface area (Å²) >= 11 is 0. The standard InChI is InChI=1S/C12H9N3O/c16-12-6-9-2-1-8(5-11(9)15-12)10-3-4-13-7-14-10/h1-5,7H,6H2,(H,15,16). The Kier molecular flexibility index (Phi) is 1.93. The molecule has 1 amide bonds. The Hall–Kier alpha value is -2.23. The number of hydrogen-bond donors (Lipinski definition) is 1. The summed E-state index contributed by atoms with van der Waals surface area (Å²) < 4.78 is 0. The summed E-state index contributed by atoms with van der Waals surface area (Å²) in [6.07, 6.45) is 3.69. The molecule has 1 aromatic heterocycles. The second-order valence-corrected chi connectivity index (χ2v) is 3.69. The van der Waals surface area contributed by atoms with Crippen LogP contribution in [0.25, 0.3) is 11.3 Å². The van der Waals surface area contributed by atoms with Gasteiger partial charge in [-0.1, -0.05) is 12.1 Å². The predicted molar refractivity (Wildman–Crippen MR) is 59.8 cm³/mol. The minimum Gasteiger partial charge on any atom is -0.326 e. The lowest BCUT2D eigenvalue weighted by atomic mass is 10.1. The summed E-state index contributed by atoms with van der Waals surface area (Å²) in [6.45, 7) is 0. The average Bonchev–Trinajstić information content (AvgIpc) is 2.69. The number of anilines is 1.